The van der Waals surface area contributed by atoms with E-state index in [9.17, 15) is 12.8 Å². The zero-order chi connectivity index (χ0) is 13.9. The number of rotatable bonds is 5. The van der Waals surface area contributed by atoms with Gasteiger partial charge in [0.15, 0.2) is 0 Å². The normalized spacial score (nSPS) is 13.9. The molecular weight excluding hydrogens is 321 g/mol. The number of nitrogens with one attached hydrogen (secondary N) is 1. The molecule has 0 amide bonds. The zero-order valence-electron chi connectivity index (χ0n) is 10.6. The van der Waals surface area contributed by atoms with Crippen LogP contribution in [0.1, 0.15) is 27.2 Å². The number of sulfonamides is 1. The second-order valence-corrected chi connectivity index (χ2v) is 7.26. The molecule has 0 bridgehead atoms. The Morgan fingerprint density at radius 1 is 1.33 bits per heavy atom. The standard InChI is InChI=1S/C12H17BrFNO2S/c1-8(2)6-9(3)15-18(16,17)12-5-4-10(14)7-11(12)13/h4-5,7-9,15H,6H2,1-3H3. The van der Waals surface area contributed by atoms with Crippen LogP contribution in [0.15, 0.2) is 27.6 Å². The predicted molar refractivity (Wildman–Crippen MR) is 73.3 cm³/mol. The Kier molecular flexibility index (Phi) is 5.31. The molecule has 0 saturated carbocycles. The van der Waals surface area contributed by atoms with Crippen molar-refractivity contribution in [1.29, 1.82) is 0 Å². The van der Waals surface area contributed by atoms with Crippen LogP contribution in [0.5, 0.6) is 0 Å². The Morgan fingerprint density at radius 3 is 2.44 bits per heavy atom. The molecule has 102 valence electrons. The minimum Gasteiger partial charge on any atom is -0.208 e. The second kappa shape index (κ2) is 6.12. The van der Waals surface area contributed by atoms with E-state index < -0.39 is 15.8 Å². The molecule has 1 atom stereocenters. The molecule has 0 aliphatic carbocycles. The van der Waals surface area contributed by atoms with Gasteiger partial charge in [-0.3, -0.25) is 0 Å². The fraction of sp³-hybridized carbons (Fsp3) is 0.500. The third kappa shape index (κ3) is 4.33. The van der Waals surface area contributed by atoms with Crippen LogP contribution in [0.25, 0.3) is 0 Å². The molecular formula is C12H17BrFNO2S. The average molecular weight is 338 g/mol. The smallest absolute Gasteiger partial charge is 0.208 e. The van der Waals surface area contributed by atoms with E-state index >= 15 is 0 Å². The zero-order valence-corrected chi connectivity index (χ0v) is 13.0. The fourth-order valence-electron chi connectivity index (χ4n) is 1.78. The quantitative estimate of drug-likeness (QED) is 0.895. The summed E-state index contributed by atoms with van der Waals surface area (Å²) in [6.45, 7) is 5.87. The topological polar surface area (TPSA) is 46.2 Å². The van der Waals surface area contributed by atoms with Crippen molar-refractivity contribution < 1.29 is 12.8 Å². The van der Waals surface area contributed by atoms with E-state index in [1.54, 1.807) is 0 Å². The maximum absolute atomic E-state index is 12.9. The molecule has 1 rings (SSSR count). The Morgan fingerprint density at radius 2 is 1.94 bits per heavy atom. The van der Waals surface area contributed by atoms with Gasteiger partial charge in [0.25, 0.3) is 0 Å². The maximum atomic E-state index is 12.9. The van der Waals surface area contributed by atoms with Gasteiger partial charge in [0.1, 0.15) is 5.82 Å². The third-order valence-electron chi connectivity index (χ3n) is 2.36. The van der Waals surface area contributed by atoms with E-state index in [0.717, 1.165) is 18.6 Å². The molecule has 0 spiro atoms. The van der Waals surface area contributed by atoms with E-state index in [-0.39, 0.29) is 15.4 Å². The molecule has 1 unspecified atom stereocenters. The fourth-order valence-corrected chi connectivity index (χ4v) is 4.08. The molecule has 0 saturated heterocycles. The van der Waals surface area contributed by atoms with Crippen LogP contribution in [-0.2, 0) is 10.0 Å². The van der Waals surface area contributed by atoms with Crippen LogP contribution < -0.4 is 4.72 Å². The molecule has 0 heterocycles. The van der Waals surface area contributed by atoms with E-state index in [1.165, 1.54) is 6.07 Å². The number of halogens is 2. The van der Waals surface area contributed by atoms with Gasteiger partial charge in [-0.15, -0.1) is 0 Å². The van der Waals surface area contributed by atoms with Crippen LogP contribution >= 0.6 is 15.9 Å². The summed E-state index contributed by atoms with van der Waals surface area (Å²) in [5.74, 6) is -0.0737. The van der Waals surface area contributed by atoms with E-state index in [0.29, 0.717) is 5.92 Å². The molecule has 0 aliphatic rings. The van der Waals surface area contributed by atoms with Crippen LogP contribution in [0.4, 0.5) is 4.39 Å². The molecule has 0 aromatic heterocycles. The molecule has 1 N–H and O–H groups in total. The van der Waals surface area contributed by atoms with Gasteiger partial charge >= 0.3 is 0 Å². The van der Waals surface area contributed by atoms with Gasteiger partial charge in [-0.1, -0.05) is 13.8 Å². The van der Waals surface area contributed by atoms with Crippen LogP contribution in [-0.4, -0.2) is 14.5 Å². The van der Waals surface area contributed by atoms with Crippen molar-refractivity contribution in [2.45, 2.75) is 38.1 Å². The van der Waals surface area contributed by atoms with Gasteiger partial charge in [0.2, 0.25) is 10.0 Å². The van der Waals surface area contributed by atoms with Crippen molar-refractivity contribution in [3.8, 4) is 0 Å². The molecule has 1 aromatic carbocycles. The number of benzene rings is 1. The summed E-state index contributed by atoms with van der Waals surface area (Å²) in [6, 6.07) is 3.37. The summed E-state index contributed by atoms with van der Waals surface area (Å²) >= 11 is 3.06. The highest BCUT2D eigenvalue weighted by Gasteiger charge is 2.20. The largest absolute Gasteiger partial charge is 0.241 e. The molecule has 0 fully saturated rings. The highest BCUT2D eigenvalue weighted by Crippen LogP contribution is 2.23. The Hall–Kier alpha value is -0.460. The molecule has 0 aliphatic heterocycles. The minimum absolute atomic E-state index is 0.0551. The summed E-state index contributed by atoms with van der Waals surface area (Å²) in [5, 5.41) is 0. The SMILES string of the molecule is CC(C)CC(C)NS(=O)(=O)c1ccc(F)cc1Br. The number of hydrogen-bond donors (Lipinski definition) is 1. The lowest BCUT2D eigenvalue weighted by atomic mass is 10.1. The van der Waals surface area contributed by atoms with Gasteiger partial charge in [-0.05, 0) is 53.4 Å². The summed E-state index contributed by atoms with van der Waals surface area (Å²) in [4.78, 5) is 0.0551. The first kappa shape index (κ1) is 15.6. The molecule has 6 heteroatoms. The van der Waals surface area contributed by atoms with Gasteiger partial charge in [0, 0.05) is 10.5 Å². The predicted octanol–water partition coefficient (Wildman–Crippen LogP) is 3.30. The van der Waals surface area contributed by atoms with Crippen molar-refractivity contribution in [3.63, 3.8) is 0 Å². The van der Waals surface area contributed by atoms with Crippen LogP contribution in [0.3, 0.4) is 0 Å². The summed E-state index contributed by atoms with van der Waals surface area (Å²) in [6.07, 6.45) is 0.748. The molecule has 3 nitrogen and oxygen atoms in total. The van der Waals surface area contributed by atoms with Crippen molar-refractivity contribution in [2.75, 3.05) is 0 Å². The second-order valence-electron chi connectivity index (χ2n) is 4.73. The van der Waals surface area contributed by atoms with Crippen molar-refractivity contribution >= 4 is 26.0 Å². The van der Waals surface area contributed by atoms with E-state index in [4.69, 9.17) is 0 Å². The Balaban J connectivity index is 2.93. The molecule has 18 heavy (non-hydrogen) atoms. The van der Waals surface area contributed by atoms with Crippen molar-refractivity contribution in [2.24, 2.45) is 5.92 Å². The van der Waals surface area contributed by atoms with Crippen LogP contribution in [0.2, 0.25) is 0 Å². The first-order chi connectivity index (χ1) is 8.22. The first-order valence-electron chi connectivity index (χ1n) is 5.69. The van der Waals surface area contributed by atoms with Gasteiger partial charge in [0.05, 0.1) is 4.90 Å². The van der Waals surface area contributed by atoms with E-state index in [1.807, 2.05) is 20.8 Å². The lowest BCUT2D eigenvalue weighted by Crippen LogP contribution is -2.33. The highest BCUT2D eigenvalue weighted by atomic mass is 79.9. The van der Waals surface area contributed by atoms with Gasteiger partial charge < -0.3 is 0 Å². The lowest BCUT2D eigenvalue weighted by Gasteiger charge is -2.16. The average Bonchev–Trinajstić information content (AvgIpc) is 2.13. The Bertz CT molecular complexity index is 517. The molecule has 1 aromatic rings. The summed E-state index contributed by atoms with van der Waals surface area (Å²) in [5.41, 5.74) is 0. The van der Waals surface area contributed by atoms with Crippen molar-refractivity contribution in [3.05, 3.63) is 28.5 Å². The van der Waals surface area contributed by atoms with Crippen LogP contribution in [0, 0.1) is 11.7 Å². The van der Waals surface area contributed by atoms with E-state index in [2.05, 4.69) is 20.7 Å². The Labute approximate surface area is 116 Å². The maximum Gasteiger partial charge on any atom is 0.241 e. The lowest BCUT2D eigenvalue weighted by molar-refractivity contribution is 0.482. The van der Waals surface area contributed by atoms with Gasteiger partial charge in [-0.2, -0.15) is 0 Å². The summed E-state index contributed by atoms with van der Waals surface area (Å²) in [7, 11) is -3.62. The monoisotopic (exact) mass is 337 g/mol. The van der Waals surface area contributed by atoms with Gasteiger partial charge in [-0.25, -0.2) is 17.5 Å². The third-order valence-corrected chi connectivity index (χ3v) is 4.93. The molecule has 0 radical (unpaired) electrons. The van der Waals surface area contributed by atoms with Crippen molar-refractivity contribution in [1.82, 2.24) is 4.72 Å². The number of hydrogen-bond acceptors (Lipinski definition) is 2. The first-order valence-corrected chi connectivity index (χ1v) is 7.97. The minimum atomic E-state index is -3.62. The summed E-state index contributed by atoms with van der Waals surface area (Å²) < 4.78 is 39.9. The highest BCUT2D eigenvalue weighted by molar-refractivity contribution is 9.10.